The normalized spacial score (nSPS) is 19.5. The number of hydrogen-bond acceptors (Lipinski definition) is 6. The van der Waals surface area contributed by atoms with E-state index in [1.807, 2.05) is 20.8 Å². The first-order chi connectivity index (χ1) is 10.2. The van der Waals surface area contributed by atoms with Crippen molar-refractivity contribution in [3.05, 3.63) is 18.1 Å². The van der Waals surface area contributed by atoms with Crippen molar-refractivity contribution >= 4 is 11.8 Å². The zero-order chi connectivity index (χ0) is 16.3. The molecule has 1 aliphatic rings. The van der Waals surface area contributed by atoms with Crippen LogP contribution in [0.3, 0.4) is 0 Å². The number of carbonyl (C=O) groups excluding carboxylic acids is 1. The molecule has 1 saturated heterocycles. The molecule has 6 nitrogen and oxygen atoms in total. The number of nitrogens with zero attached hydrogens (tertiary/aromatic N) is 3. The molecule has 0 saturated carbocycles. The van der Waals surface area contributed by atoms with Gasteiger partial charge in [0.15, 0.2) is 5.69 Å². The summed E-state index contributed by atoms with van der Waals surface area (Å²) < 4.78 is 5.27. The van der Waals surface area contributed by atoms with E-state index in [4.69, 9.17) is 4.74 Å². The van der Waals surface area contributed by atoms with Crippen LogP contribution in [0.1, 0.15) is 51.5 Å². The van der Waals surface area contributed by atoms with E-state index < -0.39 is 11.6 Å². The second-order valence-electron chi connectivity index (χ2n) is 7.01. The summed E-state index contributed by atoms with van der Waals surface area (Å²) in [7, 11) is 0. The van der Waals surface area contributed by atoms with Gasteiger partial charge in [-0.25, -0.2) is 14.8 Å². The summed E-state index contributed by atoms with van der Waals surface area (Å²) in [6.07, 6.45) is 4.15. The third-order valence-electron chi connectivity index (χ3n) is 3.56. The first-order valence-corrected chi connectivity index (χ1v) is 7.80. The Labute approximate surface area is 132 Å². The highest BCUT2D eigenvalue weighted by atomic mass is 16.6. The van der Waals surface area contributed by atoms with Gasteiger partial charge >= 0.3 is 5.97 Å². The van der Waals surface area contributed by atoms with Crippen LogP contribution in [-0.2, 0) is 4.74 Å². The molecule has 22 heavy (non-hydrogen) atoms. The van der Waals surface area contributed by atoms with Crippen molar-refractivity contribution in [3.63, 3.8) is 0 Å². The molecule has 1 N–H and O–H groups in total. The van der Waals surface area contributed by atoms with Crippen molar-refractivity contribution in [2.75, 3.05) is 18.4 Å². The third-order valence-corrected chi connectivity index (χ3v) is 3.56. The van der Waals surface area contributed by atoms with Gasteiger partial charge in [0.05, 0.1) is 12.4 Å². The molecule has 122 valence electrons. The highest BCUT2D eigenvalue weighted by Gasteiger charge is 2.24. The molecule has 0 radical (unpaired) electrons. The lowest BCUT2D eigenvalue weighted by Gasteiger charge is -2.20. The minimum atomic E-state index is -0.528. The Morgan fingerprint density at radius 3 is 2.59 bits per heavy atom. The Hall–Kier alpha value is -1.69. The maximum Gasteiger partial charge on any atom is 0.359 e. The van der Waals surface area contributed by atoms with Gasteiger partial charge in [0, 0.05) is 25.2 Å². The first kappa shape index (κ1) is 16.7. The smallest absolute Gasteiger partial charge is 0.359 e. The second-order valence-corrected chi connectivity index (χ2v) is 7.01. The Bertz CT molecular complexity index is 508. The average Bonchev–Trinajstić information content (AvgIpc) is 2.86. The predicted molar refractivity (Wildman–Crippen MR) is 85.9 cm³/mol. The number of aromatic nitrogens is 2. The van der Waals surface area contributed by atoms with Crippen LogP contribution < -0.4 is 5.32 Å². The first-order valence-electron chi connectivity index (χ1n) is 7.80. The van der Waals surface area contributed by atoms with Gasteiger partial charge in [-0.05, 0) is 41.0 Å². The van der Waals surface area contributed by atoms with Crippen molar-refractivity contribution in [1.29, 1.82) is 0 Å². The standard InChI is InChI=1S/C16H26N4O2/c1-11(2)20-7-6-12(10-20)19-14-9-17-13(8-18-14)15(21)22-16(3,4)5/h8-9,11-12H,6-7,10H2,1-5H3,(H,18,19)/t12-/m1/s1. The topological polar surface area (TPSA) is 67.4 Å². The van der Waals surface area contributed by atoms with Gasteiger partial charge < -0.3 is 10.1 Å². The Morgan fingerprint density at radius 1 is 1.36 bits per heavy atom. The van der Waals surface area contributed by atoms with Gasteiger partial charge in [-0.1, -0.05) is 0 Å². The Balaban J connectivity index is 1.91. The van der Waals surface area contributed by atoms with Gasteiger partial charge in [-0.15, -0.1) is 0 Å². The average molecular weight is 306 g/mol. The van der Waals surface area contributed by atoms with Crippen LogP contribution in [-0.4, -0.2) is 51.6 Å². The summed E-state index contributed by atoms with van der Waals surface area (Å²) in [5.74, 6) is 0.251. The van der Waals surface area contributed by atoms with Gasteiger partial charge in [0.1, 0.15) is 11.4 Å². The zero-order valence-electron chi connectivity index (χ0n) is 14.1. The van der Waals surface area contributed by atoms with Gasteiger partial charge in [-0.2, -0.15) is 0 Å². The summed E-state index contributed by atoms with van der Waals surface area (Å²) in [6.45, 7) is 12.0. The number of anilines is 1. The van der Waals surface area contributed by atoms with Crippen molar-refractivity contribution < 1.29 is 9.53 Å². The molecular formula is C16H26N4O2. The van der Waals surface area contributed by atoms with E-state index in [1.54, 1.807) is 6.20 Å². The summed E-state index contributed by atoms with van der Waals surface area (Å²) in [5.41, 5.74) is -0.296. The lowest BCUT2D eigenvalue weighted by Crippen LogP contribution is -2.31. The number of hydrogen-bond donors (Lipinski definition) is 1. The molecule has 0 aromatic carbocycles. The van der Waals surface area contributed by atoms with Crippen molar-refractivity contribution in [2.45, 2.75) is 58.7 Å². The number of ether oxygens (including phenoxy) is 1. The van der Waals surface area contributed by atoms with Gasteiger partial charge in [-0.3, -0.25) is 4.90 Å². The molecule has 1 atom stereocenters. The minimum Gasteiger partial charge on any atom is -0.455 e. The summed E-state index contributed by atoms with van der Waals surface area (Å²) in [5, 5.41) is 3.37. The number of carbonyl (C=O) groups is 1. The van der Waals surface area contributed by atoms with Crippen LogP contribution >= 0.6 is 0 Å². The summed E-state index contributed by atoms with van der Waals surface area (Å²) in [6, 6.07) is 0.941. The summed E-state index contributed by atoms with van der Waals surface area (Å²) in [4.78, 5) is 22.7. The molecular weight excluding hydrogens is 280 g/mol. The van der Waals surface area contributed by atoms with E-state index in [2.05, 4.69) is 34.0 Å². The quantitative estimate of drug-likeness (QED) is 0.861. The number of rotatable bonds is 4. The lowest BCUT2D eigenvalue weighted by atomic mass is 10.2. The Morgan fingerprint density at radius 2 is 2.09 bits per heavy atom. The Kier molecular flexibility index (Phi) is 5.01. The van der Waals surface area contributed by atoms with Crippen molar-refractivity contribution in [3.8, 4) is 0 Å². The number of likely N-dealkylation sites (tertiary alicyclic amines) is 1. The fourth-order valence-electron chi connectivity index (χ4n) is 2.42. The van der Waals surface area contributed by atoms with Gasteiger partial charge in [0.2, 0.25) is 0 Å². The van der Waals surface area contributed by atoms with E-state index >= 15 is 0 Å². The van der Waals surface area contributed by atoms with Crippen LogP contribution in [0.5, 0.6) is 0 Å². The molecule has 1 fully saturated rings. The monoisotopic (exact) mass is 306 g/mol. The third kappa shape index (κ3) is 4.66. The van der Waals surface area contributed by atoms with Crippen molar-refractivity contribution in [1.82, 2.24) is 14.9 Å². The molecule has 1 aromatic rings. The molecule has 0 bridgehead atoms. The maximum absolute atomic E-state index is 11.9. The predicted octanol–water partition coefficient (Wildman–Crippen LogP) is 2.33. The van der Waals surface area contributed by atoms with E-state index in [0.29, 0.717) is 17.9 Å². The van der Waals surface area contributed by atoms with E-state index in [-0.39, 0.29) is 5.69 Å². The largest absolute Gasteiger partial charge is 0.455 e. The van der Waals surface area contributed by atoms with Crippen LogP contribution in [0.25, 0.3) is 0 Å². The molecule has 1 aliphatic heterocycles. The lowest BCUT2D eigenvalue weighted by molar-refractivity contribution is 0.00624. The highest BCUT2D eigenvalue weighted by molar-refractivity contribution is 5.87. The molecule has 2 rings (SSSR count). The van der Waals surface area contributed by atoms with Crippen molar-refractivity contribution in [2.24, 2.45) is 0 Å². The van der Waals surface area contributed by atoms with Crippen LogP contribution in [0, 0.1) is 0 Å². The van der Waals surface area contributed by atoms with Crippen LogP contribution in [0.2, 0.25) is 0 Å². The molecule has 0 spiro atoms. The molecule has 0 unspecified atom stereocenters. The maximum atomic E-state index is 11.9. The number of nitrogens with one attached hydrogen (secondary N) is 1. The minimum absolute atomic E-state index is 0.232. The SMILES string of the molecule is CC(C)N1CC[C@@H](Nc2cnc(C(=O)OC(C)(C)C)cn2)C1. The fourth-order valence-corrected chi connectivity index (χ4v) is 2.42. The molecule has 1 aromatic heterocycles. The highest BCUT2D eigenvalue weighted by Crippen LogP contribution is 2.16. The van der Waals surface area contributed by atoms with E-state index in [0.717, 1.165) is 19.5 Å². The summed E-state index contributed by atoms with van der Waals surface area (Å²) >= 11 is 0. The zero-order valence-corrected chi connectivity index (χ0v) is 14.1. The molecule has 0 amide bonds. The van der Waals surface area contributed by atoms with Crippen LogP contribution in [0.4, 0.5) is 5.82 Å². The molecule has 0 aliphatic carbocycles. The molecule has 2 heterocycles. The van der Waals surface area contributed by atoms with Gasteiger partial charge in [0.25, 0.3) is 0 Å². The fraction of sp³-hybridized carbons (Fsp3) is 0.688. The van der Waals surface area contributed by atoms with E-state index in [9.17, 15) is 4.79 Å². The number of esters is 1. The second kappa shape index (κ2) is 6.60. The molecule has 6 heteroatoms. The van der Waals surface area contributed by atoms with Crippen LogP contribution in [0.15, 0.2) is 12.4 Å². The van der Waals surface area contributed by atoms with E-state index in [1.165, 1.54) is 6.20 Å².